The van der Waals surface area contributed by atoms with Gasteiger partial charge in [-0.2, -0.15) is 0 Å². The fraction of sp³-hybridized carbons (Fsp3) is 0.444. The van der Waals surface area contributed by atoms with Crippen molar-refractivity contribution in [2.24, 2.45) is 0 Å². The number of carbonyl (C=O) groups excluding carboxylic acids is 1. The molecule has 2 unspecified atom stereocenters. The van der Waals surface area contributed by atoms with Gasteiger partial charge in [0.1, 0.15) is 5.75 Å². The Kier molecular flexibility index (Phi) is 7.93. The molecule has 0 radical (unpaired) electrons. The maximum atomic E-state index is 14.1. The molecule has 1 amide bonds. The highest BCUT2D eigenvalue weighted by atomic mass is 19.1. The van der Waals surface area contributed by atoms with E-state index in [-0.39, 0.29) is 23.8 Å². The Bertz CT molecular complexity index is 1180. The van der Waals surface area contributed by atoms with Gasteiger partial charge in [-0.1, -0.05) is 0 Å². The molecule has 2 heterocycles. The molecule has 2 aromatic carbocycles. The second-order valence-electron chi connectivity index (χ2n) is 9.26. The summed E-state index contributed by atoms with van der Waals surface area (Å²) in [4.78, 5) is 13.8. The number of aliphatic hydroxyl groups is 1. The molecule has 0 aliphatic carbocycles. The van der Waals surface area contributed by atoms with Gasteiger partial charge in [-0.15, -0.1) is 0 Å². The molecule has 1 fully saturated rings. The van der Waals surface area contributed by atoms with Crippen LogP contribution >= 0.6 is 0 Å². The van der Waals surface area contributed by atoms with Crippen molar-refractivity contribution in [3.05, 3.63) is 48.3 Å². The number of ether oxygens (including phenoxy) is 2. The highest BCUT2D eigenvalue weighted by Gasteiger charge is 2.19. The highest BCUT2D eigenvalue weighted by Crippen LogP contribution is 2.33. The summed E-state index contributed by atoms with van der Waals surface area (Å²) < 4.78 is 27.4. The standard InChI is InChI=1S/C27H34FN3O4/c1-18(29-19(2)32)16-31-25-8-6-23(35-12-4-10-30-11-9-22(33)17-30)13-21(25)14-26(31)20-5-7-24(28)27(15-20)34-3/h5-8,13-15,18,22,33H,4,9-12,16-17H2,1-3H3,(H,29,32). The second-order valence-corrected chi connectivity index (χ2v) is 9.26. The van der Waals surface area contributed by atoms with Crippen LogP contribution in [0.15, 0.2) is 42.5 Å². The van der Waals surface area contributed by atoms with Crippen LogP contribution in [0.5, 0.6) is 11.5 Å². The van der Waals surface area contributed by atoms with Crippen LogP contribution in [0.1, 0.15) is 26.7 Å². The van der Waals surface area contributed by atoms with Gasteiger partial charge >= 0.3 is 0 Å². The summed E-state index contributed by atoms with van der Waals surface area (Å²) >= 11 is 0. The van der Waals surface area contributed by atoms with Crippen molar-refractivity contribution in [3.63, 3.8) is 0 Å². The molecule has 188 valence electrons. The third kappa shape index (κ3) is 6.13. The number of nitrogens with one attached hydrogen (secondary N) is 1. The lowest BCUT2D eigenvalue weighted by atomic mass is 10.1. The van der Waals surface area contributed by atoms with E-state index in [2.05, 4.69) is 20.9 Å². The minimum atomic E-state index is -0.412. The monoisotopic (exact) mass is 483 g/mol. The number of hydrogen-bond acceptors (Lipinski definition) is 5. The van der Waals surface area contributed by atoms with E-state index in [9.17, 15) is 14.3 Å². The molecule has 3 aromatic rings. The first-order chi connectivity index (χ1) is 16.8. The molecule has 1 aromatic heterocycles. The molecule has 7 nitrogen and oxygen atoms in total. The van der Waals surface area contributed by atoms with Gasteiger partial charge in [0.15, 0.2) is 11.6 Å². The van der Waals surface area contributed by atoms with Crippen molar-refractivity contribution in [3.8, 4) is 22.8 Å². The zero-order valence-corrected chi connectivity index (χ0v) is 20.6. The largest absolute Gasteiger partial charge is 0.494 e. The summed E-state index contributed by atoms with van der Waals surface area (Å²) in [7, 11) is 1.45. The lowest BCUT2D eigenvalue weighted by Gasteiger charge is -2.18. The van der Waals surface area contributed by atoms with Gasteiger partial charge in [0.05, 0.1) is 19.8 Å². The van der Waals surface area contributed by atoms with E-state index in [1.165, 1.54) is 20.1 Å². The summed E-state index contributed by atoms with van der Waals surface area (Å²) in [5.74, 6) is 0.473. The topological polar surface area (TPSA) is 76.0 Å². The lowest BCUT2D eigenvalue weighted by molar-refractivity contribution is -0.119. The predicted octanol–water partition coefficient (Wildman–Crippen LogP) is 3.82. The van der Waals surface area contributed by atoms with Crippen LogP contribution in [0.4, 0.5) is 4.39 Å². The fourth-order valence-corrected chi connectivity index (χ4v) is 4.75. The molecule has 1 aliphatic rings. The van der Waals surface area contributed by atoms with E-state index in [1.54, 1.807) is 12.1 Å². The summed E-state index contributed by atoms with van der Waals surface area (Å²) in [5, 5.41) is 13.6. The van der Waals surface area contributed by atoms with Crippen LogP contribution in [0.3, 0.4) is 0 Å². The van der Waals surface area contributed by atoms with Crippen LogP contribution in [-0.2, 0) is 11.3 Å². The van der Waals surface area contributed by atoms with E-state index in [4.69, 9.17) is 9.47 Å². The Morgan fingerprint density at radius 2 is 2.09 bits per heavy atom. The van der Waals surface area contributed by atoms with Gasteiger partial charge in [0.2, 0.25) is 5.91 Å². The molecule has 0 saturated carbocycles. The van der Waals surface area contributed by atoms with Crippen LogP contribution in [0.25, 0.3) is 22.2 Å². The molecule has 2 N–H and O–H groups in total. The fourth-order valence-electron chi connectivity index (χ4n) is 4.75. The van der Waals surface area contributed by atoms with Gasteiger partial charge in [-0.3, -0.25) is 4.79 Å². The lowest BCUT2D eigenvalue weighted by Crippen LogP contribution is -2.34. The number of halogens is 1. The van der Waals surface area contributed by atoms with Gasteiger partial charge in [0, 0.05) is 61.3 Å². The first-order valence-electron chi connectivity index (χ1n) is 12.1. The number of hydrogen-bond donors (Lipinski definition) is 2. The maximum Gasteiger partial charge on any atom is 0.217 e. The van der Waals surface area contributed by atoms with Crippen LogP contribution in [0, 0.1) is 5.82 Å². The Labute approximate surface area is 205 Å². The number of benzene rings is 2. The molecule has 1 aliphatic heterocycles. The first-order valence-corrected chi connectivity index (χ1v) is 12.1. The highest BCUT2D eigenvalue weighted by molar-refractivity contribution is 5.88. The molecule has 1 saturated heterocycles. The molecule has 4 rings (SSSR count). The number of methoxy groups -OCH3 is 1. The van der Waals surface area contributed by atoms with E-state index >= 15 is 0 Å². The van der Waals surface area contributed by atoms with Gasteiger partial charge in [-0.25, -0.2) is 4.39 Å². The van der Waals surface area contributed by atoms with Crippen molar-refractivity contribution in [1.82, 2.24) is 14.8 Å². The van der Waals surface area contributed by atoms with Gasteiger partial charge in [0.25, 0.3) is 0 Å². The van der Waals surface area contributed by atoms with Crippen LogP contribution < -0.4 is 14.8 Å². The summed E-state index contributed by atoms with van der Waals surface area (Å²) in [6, 6.07) is 12.8. The number of rotatable bonds is 10. The molecule has 0 spiro atoms. The number of aliphatic hydroxyl groups excluding tert-OH is 1. The third-order valence-electron chi connectivity index (χ3n) is 6.36. The Hall–Kier alpha value is -3.10. The SMILES string of the molecule is COc1cc(-c2cc3cc(OCCCN4CCC(O)C4)ccc3n2CC(C)NC(C)=O)ccc1F. The molecule has 0 bridgehead atoms. The third-order valence-corrected chi connectivity index (χ3v) is 6.36. The number of likely N-dealkylation sites (tertiary alicyclic amines) is 1. The molecule has 35 heavy (non-hydrogen) atoms. The van der Waals surface area contributed by atoms with Crippen LogP contribution in [0.2, 0.25) is 0 Å². The summed E-state index contributed by atoms with van der Waals surface area (Å²) in [6.45, 7) is 7.21. The number of carbonyl (C=O) groups is 1. The number of amides is 1. The maximum absolute atomic E-state index is 14.1. The van der Waals surface area contributed by atoms with Crippen molar-refractivity contribution in [2.45, 2.75) is 45.4 Å². The van der Waals surface area contributed by atoms with E-state index < -0.39 is 5.82 Å². The average molecular weight is 484 g/mol. The summed E-state index contributed by atoms with van der Waals surface area (Å²) in [6.07, 6.45) is 1.53. The molecule has 2 atom stereocenters. The number of aromatic nitrogens is 1. The zero-order chi connectivity index (χ0) is 24.9. The molecular formula is C27H34FN3O4. The minimum absolute atomic E-state index is 0.0851. The van der Waals surface area contributed by atoms with Crippen molar-refractivity contribution >= 4 is 16.8 Å². The van der Waals surface area contributed by atoms with E-state index in [1.807, 2.05) is 25.1 Å². The van der Waals surface area contributed by atoms with Crippen molar-refractivity contribution < 1.29 is 23.8 Å². The zero-order valence-electron chi connectivity index (χ0n) is 20.6. The van der Waals surface area contributed by atoms with E-state index in [0.29, 0.717) is 13.2 Å². The van der Waals surface area contributed by atoms with Gasteiger partial charge < -0.3 is 29.4 Å². The van der Waals surface area contributed by atoms with E-state index in [0.717, 1.165) is 60.4 Å². The predicted molar refractivity (Wildman–Crippen MR) is 134 cm³/mol. The Morgan fingerprint density at radius 3 is 2.80 bits per heavy atom. The smallest absolute Gasteiger partial charge is 0.217 e. The Morgan fingerprint density at radius 1 is 1.26 bits per heavy atom. The number of fused-ring (bicyclic) bond motifs is 1. The van der Waals surface area contributed by atoms with Crippen molar-refractivity contribution in [1.29, 1.82) is 0 Å². The van der Waals surface area contributed by atoms with Crippen molar-refractivity contribution in [2.75, 3.05) is 33.4 Å². The first kappa shape index (κ1) is 25.0. The molecule has 8 heteroatoms. The second kappa shape index (κ2) is 11.1. The van der Waals surface area contributed by atoms with Gasteiger partial charge in [-0.05, 0) is 62.2 Å². The average Bonchev–Trinajstić information content (AvgIpc) is 3.39. The van der Waals surface area contributed by atoms with Crippen LogP contribution in [-0.4, -0.2) is 66.0 Å². The number of β-amino-alcohol motifs (C(OH)–C–C–N with tert-alkyl or cyclic N) is 1. The number of nitrogens with zero attached hydrogens (tertiary/aromatic N) is 2. The normalized spacial score (nSPS) is 17.0. The quantitative estimate of drug-likeness (QED) is 0.429. The minimum Gasteiger partial charge on any atom is -0.494 e. The molecular weight excluding hydrogens is 449 g/mol. The Balaban J connectivity index is 1.56. The summed E-state index contributed by atoms with van der Waals surface area (Å²) in [5.41, 5.74) is 2.73.